The quantitative estimate of drug-likeness (QED) is 0.584. The van der Waals surface area contributed by atoms with Crippen molar-refractivity contribution in [1.29, 1.82) is 0 Å². The Morgan fingerprint density at radius 1 is 0.846 bits per heavy atom. The van der Waals surface area contributed by atoms with Crippen LogP contribution in [-0.2, 0) is 19.1 Å². The van der Waals surface area contributed by atoms with Gasteiger partial charge in [-0.05, 0) is 23.3 Å². The maximum Gasteiger partial charge on any atom is 0.331 e. The van der Waals surface area contributed by atoms with Crippen molar-refractivity contribution in [2.75, 3.05) is 13.2 Å². The molecule has 5 heteroatoms. The van der Waals surface area contributed by atoms with Crippen molar-refractivity contribution in [2.24, 2.45) is 0 Å². The van der Waals surface area contributed by atoms with Crippen molar-refractivity contribution in [3.8, 4) is 0 Å². The van der Waals surface area contributed by atoms with Crippen molar-refractivity contribution >= 4 is 24.1 Å². The van der Waals surface area contributed by atoms with Crippen LogP contribution in [0.3, 0.4) is 0 Å². The van der Waals surface area contributed by atoms with Gasteiger partial charge >= 0.3 is 11.9 Å². The van der Waals surface area contributed by atoms with Gasteiger partial charge in [0.2, 0.25) is 0 Å². The number of carbonyl (C=O) groups is 2. The van der Waals surface area contributed by atoms with Gasteiger partial charge in [0.25, 0.3) is 0 Å². The monoisotopic (exact) mass is 352 g/mol. The summed E-state index contributed by atoms with van der Waals surface area (Å²) in [6, 6.07) is 18.5. The molecule has 26 heavy (non-hydrogen) atoms. The highest BCUT2D eigenvalue weighted by molar-refractivity contribution is 5.88. The van der Waals surface area contributed by atoms with Crippen LogP contribution < -0.4 is 0 Å². The summed E-state index contributed by atoms with van der Waals surface area (Å²) < 4.78 is 10.1. The first kappa shape index (κ1) is 19.1. The topological polar surface area (TPSA) is 72.8 Å². The molecule has 0 saturated carbocycles. The standard InChI is InChI=1S/C21H20O5/c22-15-19(26-21(24)14-12-18-9-5-2-6-10-18)16-25-20(23)13-11-17-7-3-1-4-8-17/h1-14,19,22H,15-16H2/b13-11+,14-12+. The van der Waals surface area contributed by atoms with Gasteiger partial charge < -0.3 is 14.6 Å². The first-order valence-corrected chi connectivity index (χ1v) is 8.12. The Morgan fingerprint density at radius 2 is 1.35 bits per heavy atom. The summed E-state index contributed by atoms with van der Waals surface area (Å²) in [6.45, 7) is -0.667. The van der Waals surface area contributed by atoms with Crippen molar-refractivity contribution < 1.29 is 24.2 Å². The van der Waals surface area contributed by atoms with Crippen LogP contribution in [0.15, 0.2) is 72.8 Å². The van der Waals surface area contributed by atoms with Gasteiger partial charge in [-0.2, -0.15) is 0 Å². The molecule has 0 aliphatic carbocycles. The fourth-order valence-corrected chi connectivity index (χ4v) is 2.01. The number of carbonyl (C=O) groups excluding carboxylic acids is 2. The van der Waals surface area contributed by atoms with E-state index in [0.29, 0.717) is 0 Å². The molecule has 2 aromatic rings. The molecule has 1 N–H and O–H groups in total. The molecule has 134 valence electrons. The van der Waals surface area contributed by atoms with Gasteiger partial charge in [0.1, 0.15) is 6.61 Å². The number of esters is 2. The minimum atomic E-state index is -0.919. The first-order valence-electron chi connectivity index (χ1n) is 8.12. The van der Waals surface area contributed by atoms with Crippen LogP contribution in [0.2, 0.25) is 0 Å². The molecule has 0 aliphatic rings. The number of aliphatic hydroxyl groups is 1. The average Bonchev–Trinajstić information content (AvgIpc) is 2.69. The zero-order chi connectivity index (χ0) is 18.6. The fraction of sp³-hybridized carbons (Fsp3) is 0.143. The molecule has 0 aliphatic heterocycles. The molecule has 1 atom stereocenters. The van der Waals surface area contributed by atoms with E-state index in [0.717, 1.165) is 11.1 Å². The molecule has 2 rings (SSSR count). The lowest BCUT2D eigenvalue weighted by Gasteiger charge is -2.13. The normalized spacial score (nSPS) is 12.2. The van der Waals surface area contributed by atoms with E-state index >= 15 is 0 Å². The lowest BCUT2D eigenvalue weighted by molar-refractivity contribution is -0.154. The number of aliphatic hydroxyl groups excluding tert-OH is 1. The van der Waals surface area contributed by atoms with Crippen LogP contribution in [-0.4, -0.2) is 36.4 Å². The second-order valence-corrected chi connectivity index (χ2v) is 5.36. The van der Waals surface area contributed by atoms with Crippen LogP contribution in [0.5, 0.6) is 0 Å². The predicted octanol–water partition coefficient (Wildman–Crippen LogP) is 2.86. The summed E-state index contributed by atoms with van der Waals surface area (Å²) in [6.07, 6.45) is 4.84. The molecule has 0 bridgehead atoms. The molecule has 0 aromatic heterocycles. The molecule has 0 amide bonds. The van der Waals surface area contributed by atoms with Crippen molar-refractivity contribution in [3.05, 3.63) is 83.9 Å². The number of benzene rings is 2. The maximum atomic E-state index is 11.8. The highest BCUT2D eigenvalue weighted by Crippen LogP contribution is 2.04. The van der Waals surface area contributed by atoms with E-state index in [1.54, 1.807) is 12.2 Å². The van der Waals surface area contributed by atoms with Gasteiger partial charge in [0.05, 0.1) is 6.61 Å². The van der Waals surface area contributed by atoms with E-state index in [2.05, 4.69) is 0 Å². The Morgan fingerprint density at radius 3 is 1.85 bits per heavy atom. The molecule has 1 unspecified atom stereocenters. The number of hydrogen-bond donors (Lipinski definition) is 1. The second kappa shape index (κ2) is 10.6. The average molecular weight is 352 g/mol. The number of ether oxygens (including phenoxy) is 2. The Kier molecular flexibility index (Phi) is 7.83. The Hall–Kier alpha value is -3.18. The van der Waals surface area contributed by atoms with Gasteiger partial charge in [-0.3, -0.25) is 0 Å². The molecular formula is C21H20O5. The lowest BCUT2D eigenvalue weighted by atomic mass is 10.2. The molecule has 0 heterocycles. The first-order chi connectivity index (χ1) is 12.7. The molecule has 0 saturated heterocycles. The summed E-state index contributed by atoms with van der Waals surface area (Å²) in [5.41, 5.74) is 1.71. The third kappa shape index (κ3) is 7.15. The third-order valence-corrected chi connectivity index (χ3v) is 3.32. The van der Waals surface area contributed by atoms with Crippen molar-refractivity contribution in [2.45, 2.75) is 6.10 Å². The van der Waals surface area contributed by atoms with Gasteiger partial charge in [0.15, 0.2) is 6.10 Å². The van der Waals surface area contributed by atoms with Crippen LogP contribution in [0.1, 0.15) is 11.1 Å². The molecule has 5 nitrogen and oxygen atoms in total. The van der Waals surface area contributed by atoms with E-state index in [1.807, 2.05) is 60.7 Å². The molecule has 2 aromatic carbocycles. The summed E-state index contributed by atoms with van der Waals surface area (Å²) in [7, 11) is 0. The van der Waals surface area contributed by atoms with Gasteiger partial charge in [-0.25, -0.2) is 9.59 Å². The fourth-order valence-electron chi connectivity index (χ4n) is 2.01. The van der Waals surface area contributed by atoms with Crippen molar-refractivity contribution in [1.82, 2.24) is 0 Å². The SMILES string of the molecule is O=C(/C=C/c1ccccc1)OCC(CO)OC(=O)/C=C/c1ccccc1. The Labute approximate surface area is 152 Å². The molecule has 0 fully saturated rings. The summed E-state index contributed by atoms with van der Waals surface area (Å²) in [4.78, 5) is 23.5. The lowest BCUT2D eigenvalue weighted by Crippen LogP contribution is -2.27. The third-order valence-electron chi connectivity index (χ3n) is 3.32. The van der Waals surface area contributed by atoms with E-state index in [4.69, 9.17) is 9.47 Å². The van der Waals surface area contributed by atoms with E-state index in [1.165, 1.54) is 12.2 Å². The summed E-state index contributed by atoms with van der Waals surface area (Å²) >= 11 is 0. The Bertz CT molecular complexity index is 750. The van der Waals surface area contributed by atoms with Gasteiger partial charge in [-0.15, -0.1) is 0 Å². The molecule has 0 spiro atoms. The smallest absolute Gasteiger partial charge is 0.331 e. The zero-order valence-electron chi connectivity index (χ0n) is 14.2. The van der Waals surface area contributed by atoms with E-state index < -0.39 is 24.6 Å². The minimum Gasteiger partial charge on any atom is -0.458 e. The van der Waals surface area contributed by atoms with Crippen LogP contribution in [0.4, 0.5) is 0 Å². The molecular weight excluding hydrogens is 332 g/mol. The van der Waals surface area contributed by atoms with Gasteiger partial charge in [-0.1, -0.05) is 60.7 Å². The van der Waals surface area contributed by atoms with Crippen LogP contribution in [0, 0.1) is 0 Å². The second-order valence-electron chi connectivity index (χ2n) is 5.36. The van der Waals surface area contributed by atoms with Gasteiger partial charge in [0, 0.05) is 12.2 Å². The van der Waals surface area contributed by atoms with E-state index in [9.17, 15) is 14.7 Å². The zero-order valence-corrected chi connectivity index (χ0v) is 14.2. The van der Waals surface area contributed by atoms with Crippen molar-refractivity contribution in [3.63, 3.8) is 0 Å². The van der Waals surface area contributed by atoms with Crippen LogP contribution >= 0.6 is 0 Å². The predicted molar refractivity (Wildman–Crippen MR) is 98.9 cm³/mol. The summed E-state index contributed by atoms with van der Waals surface area (Å²) in [5.74, 6) is -1.20. The Balaban J connectivity index is 1.77. The minimum absolute atomic E-state index is 0.223. The van der Waals surface area contributed by atoms with E-state index in [-0.39, 0.29) is 6.61 Å². The summed E-state index contributed by atoms with van der Waals surface area (Å²) in [5, 5.41) is 9.27. The largest absolute Gasteiger partial charge is 0.458 e. The highest BCUT2D eigenvalue weighted by atomic mass is 16.6. The number of hydrogen-bond acceptors (Lipinski definition) is 5. The van der Waals surface area contributed by atoms with Crippen LogP contribution in [0.25, 0.3) is 12.2 Å². The highest BCUT2D eigenvalue weighted by Gasteiger charge is 2.13. The maximum absolute atomic E-state index is 11.8. The number of rotatable bonds is 8. The molecule has 0 radical (unpaired) electrons.